The van der Waals surface area contributed by atoms with E-state index in [-0.39, 0.29) is 23.8 Å². The molecule has 0 spiro atoms. The van der Waals surface area contributed by atoms with E-state index in [4.69, 9.17) is 0 Å². The zero-order valence-corrected chi connectivity index (χ0v) is 18.3. The SMILES string of the molecule is Cc1ccc(S(=O)(=O)N(CC(=O)NC(C)c2ccc(F)cc2)Cc2ccccc2)cc1. The number of nitrogens with one attached hydrogen (secondary N) is 1. The number of amides is 1. The predicted octanol–water partition coefficient (Wildman–Crippen LogP) is 4.20. The summed E-state index contributed by atoms with van der Waals surface area (Å²) in [6.07, 6.45) is 0. The second kappa shape index (κ2) is 9.85. The van der Waals surface area contributed by atoms with E-state index in [2.05, 4.69) is 5.32 Å². The Labute approximate surface area is 182 Å². The van der Waals surface area contributed by atoms with Gasteiger partial charge in [0.25, 0.3) is 0 Å². The summed E-state index contributed by atoms with van der Waals surface area (Å²) in [4.78, 5) is 12.9. The van der Waals surface area contributed by atoms with Crippen molar-refractivity contribution >= 4 is 15.9 Å². The first-order valence-electron chi connectivity index (χ1n) is 9.91. The summed E-state index contributed by atoms with van der Waals surface area (Å²) in [6.45, 7) is 3.37. The van der Waals surface area contributed by atoms with Crippen LogP contribution in [-0.2, 0) is 21.4 Å². The molecule has 31 heavy (non-hydrogen) atoms. The Morgan fingerprint density at radius 1 is 0.968 bits per heavy atom. The topological polar surface area (TPSA) is 66.5 Å². The van der Waals surface area contributed by atoms with Crippen molar-refractivity contribution in [2.75, 3.05) is 6.54 Å². The van der Waals surface area contributed by atoms with Gasteiger partial charge < -0.3 is 5.32 Å². The fourth-order valence-corrected chi connectivity index (χ4v) is 4.54. The van der Waals surface area contributed by atoms with Crippen molar-refractivity contribution in [3.8, 4) is 0 Å². The molecule has 1 unspecified atom stereocenters. The lowest BCUT2D eigenvalue weighted by Gasteiger charge is -2.23. The molecular formula is C24H25FN2O3S. The standard InChI is InChI=1S/C24H25FN2O3S/c1-18-8-14-23(15-9-18)31(29,30)27(16-20-6-4-3-5-7-20)17-24(28)26-19(2)21-10-12-22(25)13-11-21/h3-15,19H,16-17H2,1-2H3,(H,26,28). The smallest absolute Gasteiger partial charge is 0.243 e. The number of nitrogens with zero attached hydrogens (tertiary/aromatic N) is 1. The largest absolute Gasteiger partial charge is 0.348 e. The number of rotatable bonds is 8. The van der Waals surface area contributed by atoms with E-state index in [1.165, 1.54) is 16.4 Å². The lowest BCUT2D eigenvalue weighted by Crippen LogP contribution is -2.41. The van der Waals surface area contributed by atoms with Crippen LogP contribution < -0.4 is 5.32 Å². The summed E-state index contributed by atoms with van der Waals surface area (Å²) >= 11 is 0. The highest BCUT2D eigenvalue weighted by Crippen LogP contribution is 2.20. The van der Waals surface area contributed by atoms with Crippen molar-refractivity contribution in [2.45, 2.75) is 31.3 Å². The Hall–Kier alpha value is -3.03. The van der Waals surface area contributed by atoms with E-state index in [0.717, 1.165) is 16.7 Å². The van der Waals surface area contributed by atoms with Crippen LogP contribution >= 0.6 is 0 Å². The molecule has 162 valence electrons. The average Bonchev–Trinajstić information content (AvgIpc) is 2.74. The molecule has 0 saturated heterocycles. The zero-order valence-electron chi connectivity index (χ0n) is 17.5. The molecule has 3 aromatic carbocycles. The van der Waals surface area contributed by atoms with Crippen LogP contribution in [0.2, 0.25) is 0 Å². The molecule has 1 N–H and O–H groups in total. The van der Waals surface area contributed by atoms with Gasteiger partial charge in [-0.05, 0) is 49.2 Å². The molecule has 0 aliphatic rings. The van der Waals surface area contributed by atoms with Crippen LogP contribution in [0, 0.1) is 12.7 Å². The van der Waals surface area contributed by atoms with Gasteiger partial charge in [-0.15, -0.1) is 0 Å². The lowest BCUT2D eigenvalue weighted by atomic mass is 10.1. The van der Waals surface area contributed by atoms with Crippen LogP contribution in [0.1, 0.15) is 29.7 Å². The molecule has 3 aromatic rings. The molecule has 0 saturated carbocycles. The third-order valence-corrected chi connectivity index (χ3v) is 6.73. The van der Waals surface area contributed by atoms with Crippen LogP contribution in [0.4, 0.5) is 4.39 Å². The summed E-state index contributed by atoms with van der Waals surface area (Å²) in [7, 11) is -3.89. The molecule has 3 rings (SSSR count). The van der Waals surface area contributed by atoms with E-state index < -0.39 is 22.0 Å². The molecule has 0 aliphatic carbocycles. The molecular weight excluding hydrogens is 415 g/mol. The third kappa shape index (κ3) is 5.99. The van der Waals surface area contributed by atoms with Crippen molar-refractivity contribution < 1.29 is 17.6 Å². The molecule has 7 heteroatoms. The van der Waals surface area contributed by atoms with Gasteiger partial charge in [0.1, 0.15) is 5.82 Å². The minimum atomic E-state index is -3.89. The third-order valence-electron chi connectivity index (χ3n) is 4.93. The monoisotopic (exact) mass is 440 g/mol. The number of carbonyl (C=O) groups excluding carboxylic acids is 1. The summed E-state index contributed by atoms with van der Waals surface area (Å²) in [5.74, 6) is -0.802. The molecule has 0 aliphatic heterocycles. The number of hydrogen-bond donors (Lipinski definition) is 1. The van der Waals surface area contributed by atoms with Gasteiger partial charge >= 0.3 is 0 Å². The van der Waals surface area contributed by atoms with Crippen LogP contribution in [-0.4, -0.2) is 25.2 Å². The van der Waals surface area contributed by atoms with Crippen molar-refractivity contribution in [3.05, 3.63) is 101 Å². The second-order valence-corrected chi connectivity index (χ2v) is 9.35. The molecule has 5 nitrogen and oxygen atoms in total. The van der Waals surface area contributed by atoms with E-state index in [0.29, 0.717) is 0 Å². The summed E-state index contributed by atoms with van der Waals surface area (Å²) in [5, 5.41) is 2.80. The minimum absolute atomic E-state index is 0.0649. The Morgan fingerprint density at radius 2 is 1.58 bits per heavy atom. The highest BCUT2D eigenvalue weighted by molar-refractivity contribution is 7.89. The first kappa shape index (κ1) is 22.7. The molecule has 0 radical (unpaired) electrons. The number of carbonyl (C=O) groups is 1. The highest BCUT2D eigenvalue weighted by Gasteiger charge is 2.27. The lowest BCUT2D eigenvalue weighted by molar-refractivity contribution is -0.122. The average molecular weight is 441 g/mol. The molecule has 1 amide bonds. The Kier molecular flexibility index (Phi) is 7.20. The van der Waals surface area contributed by atoms with Gasteiger partial charge in [0.15, 0.2) is 0 Å². The maximum absolute atomic E-state index is 13.3. The fraction of sp³-hybridized carbons (Fsp3) is 0.208. The van der Waals surface area contributed by atoms with Gasteiger partial charge in [-0.1, -0.05) is 60.2 Å². The van der Waals surface area contributed by atoms with Crippen molar-refractivity contribution in [1.82, 2.24) is 9.62 Å². The van der Waals surface area contributed by atoms with Crippen molar-refractivity contribution in [2.24, 2.45) is 0 Å². The normalized spacial score (nSPS) is 12.5. The first-order valence-corrected chi connectivity index (χ1v) is 11.4. The van der Waals surface area contributed by atoms with Gasteiger partial charge in [0.05, 0.1) is 17.5 Å². The molecule has 0 bridgehead atoms. The van der Waals surface area contributed by atoms with Crippen molar-refractivity contribution in [1.29, 1.82) is 0 Å². The highest BCUT2D eigenvalue weighted by atomic mass is 32.2. The number of benzene rings is 3. The van der Waals surface area contributed by atoms with E-state index >= 15 is 0 Å². The molecule has 0 heterocycles. The molecule has 1 atom stereocenters. The van der Waals surface area contributed by atoms with Gasteiger partial charge in [-0.25, -0.2) is 12.8 Å². The second-order valence-electron chi connectivity index (χ2n) is 7.41. The summed E-state index contributed by atoms with van der Waals surface area (Å²) in [5.41, 5.74) is 2.45. The van der Waals surface area contributed by atoms with Crippen LogP contribution in [0.25, 0.3) is 0 Å². The minimum Gasteiger partial charge on any atom is -0.348 e. The Balaban J connectivity index is 1.81. The molecule has 0 aromatic heterocycles. The van der Waals surface area contributed by atoms with Crippen LogP contribution in [0.15, 0.2) is 83.8 Å². The number of sulfonamides is 1. The van der Waals surface area contributed by atoms with E-state index in [1.54, 1.807) is 43.3 Å². The number of aryl methyl sites for hydroxylation is 1. The number of halogens is 1. The van der Waals surface area contributed by atoms with Crippen molar-refractivity contribution in [3.63, 3.8) is 0 Å². The summed E-state index contributed by atoms with van der Waals surface area (Å²) < 4.78 is 40.9. The van der Waals surface area contributed by atoms with Gasteiger partial charge in [0.2, 0.25) is 15.9 Å². The van der Waals surface area contributed by atoms with E-state index in [9.17, 15) is 17.6 Å². The van der Waals surface area contributed by atoms with Crippen LogP contribution in [0.3, 0.4) is 0 Å². The quantitative estimate of drug-likeness (QED) is 0.571. The van der Waals surface area contributed by atoms with E-state index in [1.807, 2.05) is 37.3 Å². The maximum atomic E-state index is 13.3. The van der Waals surface area contributed by atoms with Crippen LogP contribution in [0.5, 0.6) is 0 Å². The van der Waals surface area contributed by atoms with Gasteiger partial charge in [-0.2, -0.15) is 4.31 Å². The fourth-order valence-electron chi connectivity index (χ4n) is 3.15. The maximum Gasteiger partial charge on any atom is 0.243 e. The first-order chi connectivity index (χ1) is 14.8. The molecule has 0 fully saturated rings. The predicted molar refractivity (Wildman–Crippen MR) is 118 cm³/mol. The Morgan fingerprint density at radius 3 is 2.19 bits per heavy atom. The number of hydrogen-bond acceptors (Lipinski definition) is 3. The Bertz CT molecular complexity index is 1120. The zero-order chi connectivity index (χ0) is 22.4. The van der Waals surface area contributed by atoms with Gasteiger partial charge in [0, 0.05) is 6.54 Å². The van der Waals surface area contributed by atoms with Gasteiger partial charge in [-0.3, -0.25) is 4.79 Å². The summed E-state index contributed by atoms with van der Waals surface area (Å²) in [6, 6.07) is 21.1.